The van der Waals surface area contributed by atoms with Crippen LogP contribution in [0.3, 0.4) is 0 Å². The fraction of sp³-hybridized carbons (Fsp3) is 0.522. The van der Waals surface area contributed by atoms with Crippen LogP contribution in [0.15, 0.2) is 48.1 Å². The molecule has 0 saturated heterocycles. The molecule has 0 amide bonds. The molecule has 0 aliphatic heterocycles. The van der Waals surface area contributed by atoms with Crippen LogP contribution < -0.4 is 0 Å². The van der Waals surface area contributed by atoms with E-state index in [-0.39, 0.29) is 21.7 Å². The molecule has 2 aliphatic rings. The van der Waals surface area contributed by atoms with Gasteiger partial charge in [-0.2, -0.15) is 0 Å². The monoisotopic (exact) mass is 322 g/mol. The molecule has 2 fully saturated rings. The molecule has 1 nitrogen and oxygen atoms in total. The summed E-state index contributed by atoms with van der Waals surface area (Å²) in [5, 5.41) is 0. The second-order valence-corrected chi connectivity index (χ2v) is 9.29. The minimum Gasteiger partial charge on any atom is -0.294 e. The van der Waals surface area contributed by atoms with Gasteiger partial charge < -0.3 is 0 Å². The number of ketones is 1. The summed E-state index contributed by atoms with van der Waals surface area (Å²) < 4.78 is 0. The average Bonchev–Trinajstić information content (AvgIpc) is 2.79. The molecule has 0 spiro atoms. The SMILES string of the molecule is CC(C)(C)C12CCC(C)(C(=O)/C1=C/C=C/c1ccccc1)C2(C)C. The zero-order valence-electron chi connectivity index (χ0n) is 15.9. The van der Waals surface area contributed by atoms with E-state index in [2.05, 4.69) is 71.9 Å². The van der Waals surface area contributed by atoms with Gasteiger partial charge >= 0.3 is 0 Å². The third kappa shape index (κ3) is 1.96. The van der Waals surface area contributed by atoms with Crippen LogP contribution in [0.2, 0.25) is 0 Å². The molecular weight excluding hydrogens is 292 g/mol. The van der Waals surface area contributed by atoms with E-state index in [4.69, 9.17) is 0 Å². The lowest BCUT2D eigenvalue weighted by Crippen LogP contribution is -2.44. The lowest BCUT2D eigenvalue weighted by atomic mass is 9.53. The standard InChI is InChI=1S/C23H30O/c1-20(2,3)23-16-15-22(6,21(23,4)5)19(24)18(23)14-10-13-17-11-8-7-9-12-17/h7-14H,15-16H2,1-6H3/b13-10+,18-14-. The number of hydrogen-bond acceptors (Lipinski definition) is 1. The molecule has 2 aliphatic carbocycles. The molecular formula is C23H30O. The molecule has 1 aromatic carbocycles. The third-order valence-electron chi connectivity index (χ3n) is 7.28. The van der Waals surface area contributed by atoms with Crippen LogP contribution in [0, 0.1) is 21.7 Å². The van der Waals surface area contributed by atoms with Crippen molar-refractivity contribution in [2.75, 3.05) is 0 Å². The third-order valence-corrected chi connectivity index (χ3v) is 7.28. The zero-order valence-corrected chi connectivity index (χ0v) is 15.9. The van der Waals surface area contributed by atoms with Crippen LogP contribution in [-0.2, 0) is 4.79 Å². The van der Waals surface area contributed by atoms with Gasteiger partial charge in [-0.05, 0) is 29.2 Å². The van der Waals surface area contributed by atoms with Gasteiger partial charge in [0, 0.05) is 16.4 Å². The van der Waals surface area contributed by atoms with Crippen molar-refractivity contribution in [2.45, 2.75) is 54.4 Å². The van der Waals surface area contributed by atoms with Crippen molar-refractivity contribution in [1.82, 2.24) is 0 Å². The van der Waals surface area contributed by atoms with Crippen molar-refractivity contribution in [1.29, 1.82) is 0 Å². The van der Waals surface area contributed by atoms with Gasteiger partial charge in [0.05, 0.1) is 0 Å². The number of Topliss-reactive ketones (excluding diaryl/α,β-unsaturated/α-hetero) is 1. The molecule has 1 heteroatoms. The Morgan fingerprint density at radius 3 is 2.21 bits per heavy atom. The van der Waals surface area contributed by atoms with Crippen LogP contribution in [-0.4, -0.2) is 5.78 Å². The number of rotatable bonds is 2. The summed E-state index contributed by atoms with van der Waals surface area (Å²) in [5.41, 5.74) is 1.98. The van der Waals surface area contributed by atoms with E-state index in [1.165, 1.54) is 5.56 Å². The molecule has 2 unspecified atom stereocenters. The molecule has 1 aromatic rings. The molecule has 2 atom stereocenters. The minimum atomic E-state index is -0.229. The fourth-order valence-electron chi connectivity index (χ4n) is 5.65. The second kappa shape index (κ2) is 5.18. The summed E-state index contributed by atoms with van der Waals surface area (Å²) in [6.07, 6.45) is 8.38. The molecule has 2 bridgehead atoms. The molecule has 128 valence electrons. The van der Waals surface area contributed by atoms with Crippen molar-refractivity contribution >= 4 is 11.9 Å². The smallest absolute Gasteiger partial charge is 0.165 e. The number of allylic oxidation sites excluding steroid dienone is 3. The normalized spacial score (nSPS) is 33.8. The maximum atomic E-state index is 13.3. The maximum Gasteiger partial charge on any atom is 0.165 e. The first-order valence-corrected chi connectivity index (χ1v) is 9.07. The highest BCUT2D eigenvalue weighted by Gasteiger charge is 2.74. The lowest BCUT2D eigenvalue weighted by molar-refractivity contribution is -0.125. The van der Waals surface area contributed by atoms with Gasteiger partial charge in [0.25, 0.3) is 0 Å². The van der Waals surface area contributed by atoms with Crippen molar-refractivity contribution in [3.05, 3.63) is 53.6 Å². The van der Waals surface area contributed by atoms with E-state index in [9.17, 15) is 4.79 Å². The first-order valence-electron chi connectivity index (χ1n) is 9.07. The molecule has 0 radical (unpaired) electrons. The Labute approximate surface area is 146 Å². The van der Waals surface area contributed by atoms with E-state index in [0.717, 1.165) is 18.4 Å². The van der Waals surface area contributed by atoms with Gasteiger partial charge in [0.1, 0.15) is 0 Å². The predicted molar refractivity (Wildman–Crippen MR) is 102 cm³/mol. The summed E-state index contributed by atoms with van der Waals surface area (Å²) in [6.45, 7) is 13.7. The summed E-state index contributed by atoms with van der Waals surface area (Å²) in [6, 6.07) is 10.3. The lowest BCUT2D eigenvalue weighted by Gasteiger charge is -2.49. The molecule has 0 N–H and O–H groups in total. The van der Waals surface area contributed by atoms with Crippen molar-refractivity contribution in [3.63, 3.8) is 0 Å². The van der Waals surface area contributed by atoms with Gasteiger partial charge in [-0.25, -0.2) is 0 Å². The second-order valence-electron chi connectivity index (χ2n) is 9.29. The zero-order chi connectivity index (χ0) is 17.8. The Balaban J connectivity index is 2.09. The largest absolute Gasteiger partial charge is 0.294 e. The topological polar surface area (TPSA) is 17.1 Å². The van der Waals surface area contributed by atoms with Crippen LogP contribution in [0.5, 0.6) is 0 Å². The highest BCUT2D eigenvalue weighted by atomic mass is 16.1. The predicted octanol–water partition coefficient (Wildman–Crippen LogP) is 6.07. The highest BCUT2D eigenvalue weighted by Crippen LogP contribution is 2.77. The molecule has 2 saturated carbocycles. The van der Waals surface area contributed by atoms with E-state index < -0.39 is 0 Å². The molecule has 24 heavy (non-hydrogen) atoms. The van der Waals surface area contributed by atoms with Crippen LogP contribution in [0.25, 0.3) is 6.08 Å². The van der Waals surface area contributed by atoms with E-state index >= 15 is 0 Å². The first kappa shape index (κ1) is 17.2. The number of carbonyl (C=O) groups is 1. The average molecular weight is 322 g/mol. The quantitative estimate of drug-likeness (QED) is 0.604. The number of benzene rings is 1. The van der Waals surface area contributed by atoms with Gasteiger partial charge in [-0.15, -0.1) is 0 Å². The van der Waals surface area contributed by atoms with Crippen molar-refractivity contribution in [2.24, 2.45) is 21.7 Å². The van der Waals surface area contributed by atoms with Crippen LogP contribution in [0.1, 0.15) is 59.9 Å². The van der Waals surface area contributed by atoms with Gasteiger partial charge in [-0.1, -0.05) is 90.1 Å². The molecule has 0 aromatic heterocycles. The number of carbonyl (C=O) groups excluding carboxylic acids is 1. The fourth-order valence-corrected chi connectivity index (χ4v) is 5.65. The van der Waals surface area contributed by atoms with Gasteiger partial charge in [0.2, 0.25) is 0 Å². The summed E-state index contributed by atoms with van der Waals surface area (Å²) in [5.74, 6) is 0.367. The Morgan fingerprint density at radius 1 is 1.00 bits per heavy atom. The van der Waals surface area contributed by atoms with Crippen molar-refractivity contribution < 1.29 is 4.79 Å². The first-order chi connectivity index (χ1) is 11.1. The van der Waals surface area contributed by atoms with E-state index in [1.807, 2.05) is 18.2 Å². The van der Waals surface area contributed by atoms with E-state index in [0.29, 0.717) is 5.78 Å². The Kier molecular flexibility index (Phi) is 3.71. The number of fused-ring (bicyclic) bond motifs is 2. The maximum absolute atomic E-state index is 13.3. The van der Waals surface area contributed by atoms with Gasteiger partial charge in [0.15, 0.2) is 5.78 Å². The number of hydrogen-bond donors (Lipinski definition) is 0. The van der Waals surface area contributed by atoms with Crippen molar-refractivity contribution in [3.8, 4) is 0 Å². The summed E-state index contributed by atoms with van der Waals surface area (Å²) >= 11 is 0. The molecule has 0 heterocycles. The Morgan fingerprint density at radius 2 is 1.62 bits per heavy atom. The Bertz CT molecular complexity index is 714. The van der Waals surface area contributed by atoms with Crippen LogP contribution in [0.4, 0.5) is 0 Å². The Hall–Kier alpha value is -1.63. The van der Waals surface area contributed by atoms with Gasteiger partial charge in [-0.3, -0.25) is 4.79 Å². The molecule has 3 rings (SSSR count). The minimum absolute atomic E-state index is 0.0121. The summed E-state index contributed by atoms with van der Waals surface area (Å²) in [7, 11) is 0. The van der Waals surface area contributed by atoms with E-state index in [1.54, 1.807) is 0 Å². The summed E-state index contributed by atoms with van der Waals surface area (Å²) in [4.78, 5) is 13.3. The van der Waals surface area contributed by atoms with Crippen LogP contribution >= 0.6 is 0 Å². The highest BCUT2D eigenvalue weighted by molar-refractivity contribution is 6.06.